The molecule has 142 valence electrons. The summed E-state index contributed by atoms with van der Waals surface area (Å²) >= 11 is 0. The summed E-state index contributed by atoms with van der Waals surface area (Å²) in [6.45, 7) is 10.7. The number of rotatable bonds is 1. The van der Waals surface area contributed by atoms with Crippen LogP contribution in [0.1, 0.15) is 86.0 Å². The Bertz CT molecular complexity index is 550. The number of hydrogen-bond acceptors (Lipinski definition) is 2. The largest absolute Gasteiger partial charge is 0.393 e. The van der Waals surface area contributed by atoms with Crippen LogP contribution >= 0.6 is 0 Å². The third-order valence-corrected chi connectivity index (χ3v) is 8.57. The second-order valence-corrected chi connectivity index (χ2v) is 9.44. The lowest BCUT2D eigenvalue weighted by molar-refractivity contribution is -0.127. The average molecular weight is 347 g/mol. The fraction of sp³-hybridized carbons (Fsp3) is 0.870. The molecule has 0 aromatic rings. The van der Waals surface area contributed by atoms with Crippen molar-refractivity contribution in [2.75, 3.05) is 0 Å². The molecule has 0 amide bonds. The Kier molecular flexibility index (Phi) is 5.23. The molecule has 4 unspecified atom stereocenters. The summed E-state index contributed by atoms with van der Waals surface area (Å²) < 4.78 is 0. The van der Waals surface area contributed by atoms with Gasteiger partial charge in [0.1, 0.15) is 5.78 Å². The van der Waals surface area contributed by atoms with Crippen LogP contribution in [0.15, 0.2) is 11.6 Å². The molecule has 2 nitrogen and oxygen atoms in total. The van der Waals surface area contributed by atoms with Crippen LogP contribution in [0.2, 0.25) is 0 Å². The van der Waals surface area contributed by atoms with Gasteiger partial charge in [0.15, 0.2) is 0 Å². The molecule has 0 radical (unpaired) electrons. The summed E-state index contributed by atoms with van der Waals surface area (Å²) in [5.74, 6) is 3.00. The Balaban J connectivity index is 0.000000880. The molecule has 0 saturated heterocycles. The zero-order valence-electron chi connectivity index (χ0n) is 17.0. The molecule has 0 bridgehead atoms. The van der Waals surface area contributed by atoms with Gasteiger partial charge in [-0.15, -0.1) is 0 Å². The Morgan fingerprint density at radius 1 is 1.08 bits per heavy atom. The van der Waals surface area contributed by atoms with Gasteiger partial charge in [-0.1, -0.05) is 39.3 Å². The first-order valence-electron chi connectivity index (χ1n) is 10.7. The summed E-state index contributed by atoms with van der Waals surface area (Å²) in [5, 5.41) is 10.1. The van der Waals surface area contributed by atoms with Gasteiger partial charge in [-0.3, -0.25) is 4.79 Å². The number of aliphatic hydroxyl groups excluding tert-OH is 1. The van der Waals surface area contributed by atoms with Gasteiger partial charge in [0.2, 0.25) is 0 Å². The van der Waals surface area contributed by atoms with Crippen LogP contribution in [0.5, 0.6) is 0 Å². The van der Waals surface area contributed by atoms with Crippen molar-refractivity contribution in [1.82, 2.24) is 0 Å². The Hall–Kier alpha value is -0.630. The van der Waals surface area contributed by atoms with Crippen molar-refractivity contribution in [3.63, 3.8) is 0 Å². The van der Waals surface area contributed by atoms with Gasteiger partial charge < -0.3 is 5.11 Å². The summed E-state index contributed by atoms with van der Waals surface area (Å²) in [5.41, 5.74) is 2.11. The minimum absolute atomic E-state index is 0.117. The molecule has 2 heteroatoms. The quantitative estimate of drug-likeness (QED) is 0.633. The molecule has 4 rings (SSSR count). The van der Waals surface area contributed by atoms with Crippen molar-refractivity contribution in [1.29, 1.82) is 0 Å². The highest BCUT2D eigenvalue weighted by atomic mass is 16.3. The average Bonchev–Trinajstić information content (AvgIpc) is 2.95. The van der Waals surface area contributed by atoms with Crippen molar-refractivity contribution < 1.29 is 9.90 Å². The normalized spacial score (nSPS) is 48.2. The van der Waals surface area contributed by atoms with Gasteiger partial charge in [-0.2, -0.15) is 0 Å². The van der Waals surface area contributed by atoms with E-state index >= 15 is 0 Å². The molecule has 0 spiro atoms. The number of carbonyl (C=O) groups is 1. The lowest BCUT2D eigenvalue weighted by Crippen LogP contribution is -2.50. The number of allylic oxidation sites excluding steroid dienone is 1. The number of carbonyl (C=O) groups excluding carboxylic acids is 1. The van der Waals surface area contributed by atoms with Gasteiger partial charge in [-0.05, 0) is 86.9 Å². The summed E-state index contributed by atoms with van der Waals surface area (Å²) in [7, 11) is 0. The van der Waals surface area contributed by atoms with Gasteiger partial charge in [0.25, 0.3) is 0 Å². The van der Waals surface area contributed by atoms with Crippen molar-refractivity contribution in [3.05, 3.63) is 11.6 Å². The summed E-state index contributed by atoms with van der Waals surface area (Å²) in [6, 6.07) is 0. The van der Waals surface area contributed by atoms with Gasteiger partial charge in [0.05, 0.1) is 6.10 Å². The Morgan fingerprint density at radius 2 is 1.80 bits per heavy atom. The predicted octanol–water partition coefficient (Wildman–Crippen LogP) is 5.54. The Labute approximate surface area is 154 Å². The van der Waals surface area contributed by atoms with Crippen LogP contribution in [0, 0.1) is 34.5 Å². The third kappa shape index (κ3) is 2.83. The lowest BCUT2D eigenvalue weighted by Gasteiger charge is -2.57. The maximum absolute atomic E-state index is 12.2. The van der Waals surface area contributed by atoms with E-state index < -0.39 is 0 Å². The van der Waals surface area contributed by atoms with Gasteiger partial charge in [0, 0.05) is 5.92 Å². The SMILES string of the molecule is CC.CC(=O)[C@H]1CCC2C3CC=C4CC(O)CC[C@]4(C)C3CC[C@@]21C. The van der Waals surface area contributed by atoms with E-state index in [1.807, 2.05) is 20.8 Å². The predicted molar refractivity (Wildman–Crippen MR) is 103 cm³/mol. The van der Waals surface area contributed by atoms with E-state index in [-0.39, 0.29) is 11.5 Å². The van der Waals surface area contributed by atoms with Crippen LogP contribution in [0.4, 0.5) is 0 Å². The minimum atomic E-state index is -0.117. The monoisotopic (exact) mass is 346 g/mol. The first-order chi connectivity index (χ1) is 11.9. The minimum Gasteiger partial charge on any atom is -0.393 e. The van der Waals surface area contributed by atoms with E-state index in [1.54, 1.807) is 5.57 Å². The molecular formula is C23H38O2. The van der Waals surface area contributed by atoms with E-state index in [9.17, 15) is 9.90 Å². The summed E-state index contributed by atoms with van der Waals surface area (Å²) in [4.78, 5) is 12.2. The molecule has 3 saturated carbocycles. The number of aliphatic hydroxyl groups is 1. The van der Waals surface area contributed by atoms with Crippen LogP contribution in [-0.2, 0) is 4.79 Å². The van der Waals surface area contributed by atoms with E-state index in [1.165, 1.54) is 25.7 Å². The maximum Gasteiger partial charge on any atom is 0.133 e. The van der Waals surface area contributed by atoms with E-state index in [0.717, 1.165) is 43.4 Å². The van der Waals surface area contributed by atoms with E-state index in [4.69, 9.17) is 0 Å². The van der Waals surface area contributed by atoms with Crippen molar-refractivity contribution in [3.8, 4) is 0 Å². The van der Waals surface area contributed by atoms with Crippen molar-refractivity contribution in [2.45, 2.75) is 92.1 Å². The smallest absolute Gasteiger partial charge is 0.133 e. The van der Waals surface area contributed by atoms with Gasteiger partial charge in [-0.25, -0.2) is 0 Å². The molecule has 7 atom stereocenters. The van der Waals surface area contributed by atoms with Crippen molar-refractivity contribution >= 4 is 5.78 Å². The molecule has 4 aliphatic rings. The van der Waals surface area contributed by atoms with E-state index in [0.29, 0.717) is 17.1 Å². The number of hydrogen-bond donors (Lipinski definition) is 1. The molecule has 0 aliphatic heterocycles. The standard InChI is InChI=1S/C21H32O2.C2H6/c1-13(22)17-6-7-18-16-5-4-14-12-15(23)8-10-20(14,2)19(16)9-11-21(17,18)3;1-2/h4,15-19,23H,5-12H2,1-3H3;1-2H3/t15?,16?,17-,18?,19?,20+,21-;/m1./s1. The van der Waals surface area contributed by atoms with E-state index in [2.05, 4.69) is 19.9 Å². The van der Waals surface area contributed by atoms with Crippen LogP contribution in [0.3, 0.4) is 0 Å². The molecule has 3 fully saturated rings. The third-order valence-electron chi connectivity index (χ3n) is 8.57. The summed E-state index contributed by atoms with van der Waals surface area (Å²) in [6.07, 6.45) is 11.5. The number of fused-ring (bicyclic) bond motifs is 5. The first kappa shape index (κ1) is 19.1. The molecular weight excluding hydrogens is 308 g/mol. The van der Waals surface area contributed by atoms with Crippen molar-refractivity contribution in [2.24, 2.45) is 34.5 Å². The second-order valence-electron chi connectivity index (χ2n) is 9.44. The molecule has 25 heavy (non-hydrogen) atoms. The van der Waals surface area contributed by atoms with Crippen LogP contribution in [-0.4, -0.2) is 17.0 Å². The zero-order chi connectivity index (χ0) is 18.4. The highest BCUT2D eigenvalue weighted by molar-refractivity contribution is 5.79. The number of Topliss-reactive ketones (excluding diaryl/α,β-unsaturated/α-hetero) is 1. The maximum atomic E-state index is 12.2. The highest BCUT2D eigenvalue weighted by Gasteiger charge is 2.59. The fourth-order valence-corrected chi connectivity index (χ4v) is 7.31. The van der Waals surface area contributed by atoms with Crippen LogP contribution < -0.4 is 0 Å². The van der Waals surface area contributed by atoms with Crippen LogP contribution in [0.25, 0.3) is 0 Å². The number of ketones is 1. The molecule has 4 aliphatic carbocycles. The first-order valence-corrected chi connectivity index (χ1v) is 10.7. The highest BCUT2D eigenvalue weighted by Crippen LogP contribution is 2.66. The Morgan fingerprint density at radius 3 is 2.48 bits per heavy atom. The fourth-order valence-electron chi connectivity index (χ4n) is 7.31. The molecule has 0 aromatic heterocycles. The molecule has 0 heterocycles. The topological polar surface area (TPSA) is 37.3 Å². The molecule has 1 N–H and O–H groups in total. The lowest BCUT2D eigenvalue weighted by atomic mass is 9.47. The second kappa shape index (κ2) is 6.83. The van der Waals surface area contributed by atoms with Gasteiger partial charge >= 0.3 is 0 Å². The molecule has 0 aromatic carbocycles. The zero-order valence-corrected chi connectivity index (χ0v) is 17.0.